The third-order valence-corrected chi connectivity index (χ3v) is 3.75. The van der Waals surface area contributed by atoms with Crippen LogP contribution < -0.4 is 0 Å². The highest BCUT2D eigenvalue weighted by atomic mass is 79.9. The average molecular weight is 333 g/mol. The van der Waals surface area contributed by atoms with Gasteiger partial charge in [0.1, 0.15) is 5.78 Å². The molecule has 1 aromatic carbocycles. The lowest BCUT2D eigenvalue weighted by Crippen LogP contribution is -2.08. The lowest BCUT2D eigenvalue weighted by molar-refractivity contribution is -0.115. The summed E-state index contributed by atoms with van der Waals surface area (Å²) >= 11 is 9.57. The van der Waals surface area contributed by atoms with Crippen LogP contribution in [0.25, 0.3) is 0 Å². The third-order valence-electron chi connectivity index (χ3n) is 1.93. The number of carbonyl (C=O) groups is 1. The van der Waals surface area contributed by atoms with Crippen molar-refractivity contribution in [2.45, 2.75) is 13.3 Å². The fourth-order valence-corrected chi connectivity index (χ4v) is 2.32. The number of rotatable bonds is 5. The molecule has 5 heteroatoms. The summed E-state index contributed by atoms with van der Waals surface area (Å²) in [4.78, 5) is 11.7. The summed E-state index contributed by atoms with van der Waals surface area (Å²) in [5.41, 5.74) is 1.01. The van der Waals surface area contributed by atoms with Crippen LogP contribution in [0.3, 0.4) is 0 Å². The lowest BCUT2D eigenvalue weighted by atomic mass is 10.1. The van der Waals surface area contributed by atoms with E-state index < -0.39 is 0 Å². The van der Waals surface area contributed by atoms with Gasteiger partial charge in [-0.3, -0.25) is 4.79 Å². The lowest BCUT2D eigenvalue weighted by Gasteiger charge is -2.04. The molecule has 1 rings (SSSR count). The van der Waals surface area contributed by atoms with Gasteiger partial charge in [-0.15, -0.1) is 0 Å². The Kier molecular flexibility index (Phi) is 6.77. The van der Waals surface area contributed by atoms with E-state index in [1.807, 2.05) is 31.2 Å². The summed E-state index contributed by atoms with van der Waals surface area (Å²) in [6.45, 7) is 2.42. The van der Waals surface area contributed by atoms with Crippen LogP contribution in [0.5, 0.6) is 0 Å². The fourth-order valence-electron chi connectivity index (χ4n) is 1.18. The Morgan fingerprint density at radius 1 is 1.41 bits per heavy atom. The number of benzene rings is 1. The molecule has 0 unspecified atom stereocenters. The van der Waals surface area contributed by atoms with E-state index in [1.165, 1.54) is 11.8 Å². The predicted octanol–water partition coefficient (Wildman–Crippen LogP) is 3.62. The van der Waals surface area contributed by atoms with Gasteiger partial charge in [-0.25, -0.2) is 0 Å². The molecule has 0 saturated heterocycles. The van der Waals surface area contributed by atoms with Crippen LogP contribution in [0.2, 0.25) is 0 Å². The van der Waals surface area contributed by atoms with Crippen molar-refractivity contribution < 1.29 is 9.53 Å². The summed E-state index contributed by atoms with van der Waals surface area (Å²) in [5, 5.41) is 0. The summed E-state index contributed by atoms with van der Waals surface area (Å²) in [5.74, 6) is 0.522. The van der Waals surface area contributed by atoms with Crippen molar-refractivity contribution >= 4 is 50.1 Å². The van der Waals surface area contributed by atoms with Crippen molar-refractivity contribution in [1.82, 2.24) is 0 Å². The maximum absolute atomic E-state index is 11.7. The van der Waals surface area contributed by atoms with Gasteiger partial charge in [0.15, 0.2) is 0 Å². The van der Waals surface area contributed by atoms with Crippen molar-refractivity contribution in [3.05, 3.63) is 34.3 Å². The zero-order valence-electron chi connectivity index (χ0n) is 9.44. The predicted molar refractivity (Wildman–Crippen MR) is 79.5 cm³/mol. The molecule has 0 radical (unpaired) electrons. The molecule has 0 aliphatic rings. The molecule has 0 atom stereocenters. The first-order chi connectivity index (χ1) is 8.11. The van der Waals surface area contributed by atoms with E-state index in [1.54, 1.807) is 0 Å². The Labute approximate surface area is 119 Å². The number of hydrogen-bond donors (Lipinski definition) is 0. The second-order valence-corrected chi connectivity index (χ2v) is 5.81. The molecule has 0 N–H and O–H groups in total. The molecule has 92 valence electrons. The number of carbonyl (C=O) groups excluding carboxylic acids is 1. The first-order valence-electron chi connectivity index (χ1n) is 5.17. The van der Waals surface area contributed by atoms with Crippen molar-refractivity contribution in [3.8, 4) is 0 Å². The fraction of sp³-hybridized carbons (Fsp3) is 0.333. The van der Waals surface area contributed by atoms with Gasteiger partial charge in [-0.05, 0) is 36.8 Å². The van der Waals surface area contributed by atoms with E-state index in [9.17, 15) is 4.79 Å². The SMILES string of the molecule is CCOC(=S)SCC(=O)Cc1ccc(Br)cc1. The topological polar surface area (TPSA) is 26.3 Å². The largest absolute Gasteiger partial charge is 0.479 e. The summed E-state index contributed by atoms with van der Waals surface area (Å²) in [6.07, 6.45) is 0.440. The quantitative estimate of drug-likeness (QED) is 0.769. The van der Waals surface area contributed by atoms with Gasteiger partial charge < -0.3 is 4.74 Å². The third kappa shape index (κ3) is 6.19. The van der Waals surface area contributed by atoms with Gasteiger partial charge in [-0.2, -0.15) is 0 Å². The number of ether oxygens (including phenoxy) is 1. The molecular formula is C12H13BrO2S2. The summed E-state index contributed by atoms with van der Waals surface area (Å²) in [6, 6.07) is 7.74. The molecule has 0 spiro atoms. The number of thiocarbonyl (C=S) groups is 1. The Morgan fingerprint density at radius 2 is 2.06 bits per heavy atom. The molecule has 0 aliphatic carbocycles. The monoisotopic (exact) mass is 332 g/mol. The molecule has 0 saturated carbocycles. The van der Waals surface area contributed by atoms with Gasteiger partial charge in [0.2, 0.25) is 4.38 Å². The van der Waals surface area contributed by atoms with E-state index in [-0.39, 0.29) is 5.78 Å². The van der Waals surface area contributed by atoms with Gasteiger partial charge in [-0.1, -0.05) is 39.8 Å². The van der Waals surface area contributed by atoms with Gasteiger partial charge in [0, 0.05) is 10.9 Å². The number of ketones is 1. The highest BCUT2D eigenvalue weighted by Crippen LogP contribution is 2.12. The van der Waals surface area contributed by atoms with Crippen LogP contribution >= 0.6 is 39.9 Å². The van der Waals surface area contributed by atoms with Crippen molar-refractivity contribution in [3.63, 3.8) is 0 Å². The van der Waals surface area contributed by atoms with Gasteiger partial charge >= 0.3 is 0 Å². The minimum atomic E-state index is 0.152. The van der Waals surface area contributed by atoms with Gasteiger partial charge in [0.25, 0.3) is 0 Å². The highest BCUT2D eigenvalue weighted by Gasteiger charge is 2.06. The van der Waals surface area contributed by atoms with E-state index in [2.05, 4.69) is 15.9 Å². The van der Waals surface area contributed by atoms with Crippen LogP contribution in [0, 0.1) is 0 Å². The molecule has 2 nitrogen and oxygen atoms in total. The van der Waals surface area contributed by atoms with E-state index >= 15 is 0 Å². The van der Waals surface area contributed by atoms with Crippen molar-refractivity contribution in [2.75, 3.05) is 12.4 Å². The molecule has 1 aromatic rings. The summed E-state index contributed by atoms with van der Waals surface area (Å²) in [7, 11) is 0. The second kappa shape index (κ2) is 7.84. The maximum Gasteiger partial charge on any atom is 0.220 e. The Balaban J connectivity index is 2.34. The Hall–Kier alpha value is -0.390. The normalized spacial score (nSPS) is 10.0. The number of Topliss-reactive ketones (excluding diaryl/α,β-unsaturated/α-hetero) is 1. The number of thioether (sulfide) groups is 1. The molecule has 0 fully saturated rings. The Bertz CT molecular complexity index is 390. The minimum Gasteiger partial charge on any atom is -0.479 e. The number of hydrogen-bond acceptors (Lipinski definition) is 4. The van der Waals surface area contributed by atoms with Gasteiger partial charge in [0.05, 0.1) is 12.4 Å². The first kappa shape index (κ1) is 14.7. The van der Waals surface area contributed by atoms with Crippen LogP contribution in [0.1, 0.15) is 12.5 Å². The first-order valence-corrected chi connectivity index (χ1v) is 7.36. The van der Waals surface area contributed by atoms with E-state index in [0.717, 1.165) is 10.0 Å². The second-order valence-electron chi connectivity index (χ2n) is 3.31. The smallest absolute Gasteiger partial charge is 0.220 e. The van der Waals surface area contributed by atoms with E-state index in [0.29, 0.717) is 23.2 Å². The van der Waals surface area contributed by atoms with Crippen LogP contribution in [0.15, 0.2) is 28.7 Å². The molecule has 0 amide bonds. The molecule has 0 bridgehead atoms. The molecule has 0 heterocycles. The van der Waals surface area contributed by atoms with Crippen LogP contribution in [-0.4, -0.2) is 22.5 Å². The number of halogens is 1. The molecule has 0 aliphatic heterocycles. The minimum absolute atomic E-state index is 0.152. The zero-order valence-corrected chi connectivity index (χ0v) is 12.7. The van der Waals surface area contributed by atoms with Crippen LogP contribution in [-0.2, 0) is 16.0 Å². The van der Waals surface area contributed by atoms with Crippen molar-refractivity contribution in [1.29, 1.82) is 0 Å². The molecule has 0 aromatic heterocycles. The standard InChI is InChI=1S/C12H13BrO2S2/c1-2-15-12(16)17-8-11(14)7-9-3-5-10(13)6-4-9/h3-6H,2,7-8H2,1H3. The Morgan fingerprint density at radius 3 is 2.65 bits per heavy atom. The van der Waals surface area contributed by atoms with Crippen LogP contribution in [0.4, 0.5) is 0 Å². The van der Waals surface area contributed by atoms with Crippen molar-refractivity contribution in [2.24, 2.45) is 0 Å². The molecule has 17 heavy (non-hydrogen) atoms. The average Bonchev–Trinajstić information content (AvgIpc) is 2.30. The summed E-state index contributed by atoms with van der Waals surface area (Å²) < 4.78 is 6.55. The van der Waals surface area contributed by atoms with E-state index in [4.69, 9.17) is 17.0 Å². The maximum atomic E-state index is 11.7. The zero-order chi connectivity index (χ0) is 12.7. The molecular weight excluding hydrogens is 320 g/mol. The highest BCUT2D eigenvalue weighted by molar-refractivity contribution is 9.10.